The Morgan fingerprint density at radius 3 is 2.65 bits per heavy atom. The molecule has 0 bridgehead atoms. The van der Waals surface area contributed by atoms with Gasteiger partial charge < -0.3 is 16.3 Å². The molecule has 0 spiro atoms. The van der Waals surface area contributed by atoms with E-state index in [9.17, 15) is 9.18 Å². The summed E-state index contributed by atoms with van der Waals surface area (Å²) in [6.45, 7) is 0. The van der Waals surface area contributed by atoms with Gasteiger partial charge in [0.25, 0.3) is 0 Å². The summed E-state index contributed by atoms with van der Waals surface area (Å²) in [5.41, 5.74) is 7.54. The minimum Gasteiger partial charge on any atom is -0.477 e. The summed E-state index contributed by atoms with van der Waals surface area (Å²) in [4.78, 5) is 10.6. The van der Waals surface area contributed by atoms with Crippen LogP contribution in [0.25, 0.3) is 0 Å². The summed E-state index contributed by atoms with van der Waals surface area (Å²) in [6.07, 6.45) is 0. The molecule has 1 aromatic carbocycles. The summed E-state index contributed by atoms with van der Waals surface area (Å²) in [6, 6.07) is 6.20. The van der Waals surface area contributed by atoms with Crippen LogP contribution in [-0.4, -0.2) is 11.1 Å². The van der Waals surface area contributed by atoms with Crippen LogP contribution in [0.1, 0.15) is 5.56 Å². The first kappa shape index (κ1) is 13.3. The van der Waals surface area contributed by atoms with Crippen molar-refractivity contribution in [3.05, 3.63) is 46.4 Å². The van der Waals surface area contributed by atoms with E-state index >= 15 is 0 Å². The monoisotopic (exact) mass is 257 g/mol. The lowest BCUT2D eigenvalue weighted by Gasteiger charge is -2.08. The Kier molecular flexibility index (Phi) is 4.80. The first-order chi connectivity index (χ1) is 8.06. The smallest absolute Gasteiger partial charge is 0.354 e. The molecule has 0 aliphatic heterocycles. The zero-order valence-electron chi connectivity index (χ0n) is 8.81. The van der Waals surface area contributed by atoms with Crippen molar-refractivity contribution in [3.63, 3.8) is 0 Å². The molecule has 17 heavy (non-hydrogen) atoms. The van der Waals surface area contributed by atoms with Crippen molar-refractivity contribution >= 4 is 17.7 Å². The fourth-order valence-corrected chi connectivity index (χ4v) is 1.92. The van der Waals surface area contributed by atoms with Gasteiger partial charge in [-0.05, 0) is 11.6 Å². The highest BCUT2D eigenvalue weighted by Gasteiger charge is 2.11. The molecule has 0 fully saturated rings. The van der Waals surface area contributed by atoms with Crippen molar-refractivity contribution in [2.45, 2.75) is 5.75 Å². The molecule has 7 heteroatoms. The molecule has 0 atom stereocenters. The highest BCUT2D eigenvalue weighted by molar-refractivity contribution is 8.02. The molecule has 0 saturated heterocycles. The molecule has 0 saturated carbocycles. The average Bonchev–Trinajstić information content (AvgIpc) is 2.31. The Labute approximate surface area is 102 Å². The molecule has 0 unspecified atom stereocenters. The van der Waals surface area contributed by atoms with Gasteiger partial charge in [0.15, 0.2) is 0 Å². The summed E-state index contributed by atoms with van der Waals surface area (Å²) in [5.74, 6) is 3.75. The minimum absolute atomic E-state index is 0.0979. The van der Waals surface area contributed by atoms with Crippen molar-refractivity contribution in [2.75, 3.05) is 0 Å². The number of benzene rings is 1. The third-order valence-corrected chi connectivity index (χ3v) is 3.02. The van der Waals surface area contributed by atoms with Gasteiger partial charge in [-0.3, -0.25) is 0 Å². The number of hydrogen-bond acceptors (Lipinski definition) is 5. The number of carbonyl (C=O) groups is 1. The van der Waals surface area contributed by atoms with Gasteiger partial charge in [0, 0.05) is 5.75 Å². The molecule has 0 radical (unpaired) electrons. The Balaban J connectivity index is 2.76. The van der Waals surface area contributed by atoms with Crippen LogP contribution < -0.4 is 17.0 Å². The van der Waals surface area contributed by atoms with Crippen LogP contribution in [0, 0.1) is 5.82 Å². The molecule has 0 aliphatic carbocycles. The minimum atomic E-state index is -1.28. The zero-order chi connectivity index (χ0) is 12.8. The van der Waals surface area contributed by atoms with E-state index in [1.54, 1.807) is 18.2 Å². The van der Waals surface area contributed by atoms with E-state index in [1.807, 2.05) is 0 Å². The summed E-state index contributed by atoms with van der Waals surface area (Å²) >= 11 is 1.02. The van der Waals surface area contributed by atoms with E-state index in [4.69, 9.17) is 16.7 Å². The van der Waals surface area contributed by atoms with E-state index in [2.05, 4.69) is 5.43 Å². The normalized spacial score (nSPS) is 11.9. The molecule has 5 nitrogen and oxygen atoms in total. The van der Waals surface area contributed by atoms with Crippen molar-refractivity contribution in [1.29, 1.82) is 0 Å². The van der Waals surface area contributed by atoms with Crippen molar-refractivity contribution in [2.24, 2.45) is 11.6 Å². The highest BCUT2D eigenvalue weighted by atomic mass is 32.2. The van der Waals surface area contributed by atoms with Gasteiger partial charge in [-0.1, -0.05) is 18.2 Å². The number of aliphatic carboxylic acids is 1. The molecule has 92 valence electrons. The summed E-state index contributed by atoms with van der Waals surface area (Å²) in [7, 11) is 0. The number of nitrogens with two attached hydrogens (primary N) is 2. The molecule has 0 amide bonds. The molecular formula is C10H12FN3O2S. The summed E-state index contributed by atoms with van der Waals surface area (Å²) < 4.78 is 13.3. The van der Waals surface area contributed by atoms with E-state index in [0.717, 1.165) is 11.8 Å². The second-order valence-electron chi connectivity index (χ2n) is 3.07. The standard InChI is InChI=1S/C10H12FN3O2S/c11-7-4-2-1-3-6(7)5-17-9(14-13)8(12)10(15)16/h1-4,14H,5,12-13H2,(H,15,16)/b9-8+. The van der Waals surface area contributed by atoms with Crippen molar-refractivity contribution < 1.29 is 14.3 Å². The number of halogens is 1. The van der Waals surface area contributed by atoms with Gasteiger partial charge in [0.05, 0.1) is 0 Å². The summed E-state index contributed by atoms with van der Waals surface area (Å²) in [5, 5.41) is 8.77. The zero-order valence-corrected chi connectivity index (χ0v) is 9.63. The molecule has 6 N–H and O–H groups in total. The highest BCUT2D eigenvalue weighted by Crippen LogP contribution is 2.21. The Hall–Kier alpha value is -1.73. The molecule has 0 heterocycles. The maximum Gasteiger partial charge on any atom is 0.354 e. The lowest BCUT2D eigenvalue weighted by Crippen LogP contribution is -2.26. The second kappa shape index (κ2) is 6.12. The van der Waals surface area contributed by atoms with Gasteiger partial charge in [0.2, 0.25) is 0 Å². The third-order valence-electron chi connectivity index (χ3n) is 1.94. The maximum atomic E-state index is 13.3. The predicted molar refractivity (Wildman–Crippen MR) is 63.9 cm³/mol. The molecule has 0 aromatic heterocycles. The fraction of sp³-hybridized carbons (Fsp3) is 0.100. The average molecular weight is 257 g/mol. The number of carboxylic acids is 1. The Bertz CT molecular complexity index is 451. The van der Waals surface area contributed by atoms with E-state index in [-0.39, 0.29) is 16.6 Å². The molecular weight excluding hydrogens is 245 g/mol. The number of hydrazine groups is 1. The van der Waals surface area contributed by atoms with E-state index in [0.29, 0.717) is 5.56 Å². The van der Waals surface area contributed by atoms with Gasteiger partial charge in [0.1, 0.15) is 16.5 Å². The molecule has 1 aromatic rings. The van der Waals surface area contributed by atoms with E-state index < -0.39 is 11.7 Å². The first-order valence-electron chi connectivity index (χ1n) is 4.62. The van der Waals surface area contributed by atoms with Crippen LogP contribution in [0.2, 0.25) is 0 Å². The van der Waals surface area contributed by atoms with Crippen LogP contribution >= 0.6 is 11.8 Å². The van der Waals surface area contributed by atoms with Gasteiger partial charge in [-0.15, -0.1) is 11.8 Å². The van der Waals surface area contributed by atoms with Gasteiger partial charge in [-0.2, -0.15) is 0 Å². The largest absolute Gasteiger partial charge is 0.477 e. The van der Waals surface area contributed by atoms with Crippen LogP contribution in [0.4, 0.5) is 4.39 Å². The van der Waals surface area contributed by atoms with Crippen LogP contribution in [-0.2, 0) is 10.5 Å². The third kappa shape index (κ3) is 3.65. The molecule has 0 aliphatic rings. The van der Waals surface area contributed by atoms with Crippen LogP contribution in [0.15, 0.2) is 35.0 Å². The predicted octanol–water partition coefficient (Wildman–Crippen LogP) is 0.735. The first-order valence-corrected chi connectivity index (χ1v) is 5.60. The Morgan fingerprint density at radius 2 is 2.12 bits per heavy atom. The number of carboxylic acid groups (broad SMARTS) is 1. The number of rotatable bonds is 5. The number of nitrogens with one attached hydrogen (secondary N) is 1. The fourth-order valence-electron chi connectivity index (χ4n) is 1.06. The van der Waals surface area contributed by atoms with E-state index in [1.165, 1.54) is 6.07 Å². The quantitative estimate of drug-likeness (QED) is 0.352. The molecule has 1 rings (SSSR count). The second-order valence-corrected chi connectivity index (χ2v) is 4.06. The van der Waals surface area contributed by atoms with Crippen LogP contribution in [0.3, 0.4) is 0 Å². The van der Waals surface area contributed by atoms with Crippen LogP contribution in [0.5, 0.6) is 0 Å². The lowest BCUT2D eigenvalue weighted by molar-refractivity contribution is -0.132. The lowest BCUT2D eigenvalue weighted by atomic mass is 10.2. The topological polar surface area (TPSA) is 101 Å². The van der Waals surface area contributed by atoms with Crippen molar-refractivity contribution in [1.82, 2.24) is 5.43 Å². The van der Waals surface area contributed by atoms with Gasteiger partial charge >= 0.3 is 5.97 Å². The number of thioether (sulfide) groups is 1. The number of hydrogen-bond donors (Lipinski definition) is 4. The maximum absolute atomic E-state index is 13.3. The SMILES string of the molecule is NN/C(SCc1ccccc1F)=C(\N)C(=O)O. The Morgan fingerprint density at radius 1 is 1.47 bits per heavy atom. The van der Waals surface area contributed by atoms with Gasteiger partial charge in [-0.25, -0.2) is 15.0 Å². The van der Waals surface area contributed by atoms with Crippen molar-refractivity contribution in [3.8, 4) is 0 Å².